The second-order valence-electron chi connectivity index (χ2n) is 6.93. The fourth-order valence-corrected chi connectivity index (χ4v) is 3.16. The number of hydrogen-bond donors (Lipinski definition) is 1. The van der Waals surface area contributed by atoms with Gasteiger partial charge in [-0.15, -0.1) is 0 Å². The first-order valence-electron chi connectivity index (χ1n) is 10.2. The third kappa shape index (κ3) is 7.47. The second-order valence-corrected chi connectivity index (χ2v) is 7.84. The monoisotopic (exact) mass is 510 g/mol. The van der Waals surface area contributed by atoms with Crippen LogP contribution >= 0.6 is 15.9 Å². The Kier molecular flexibility index (Phi) is 8.60. The third-order valence-corrected chi connectivity index (χ3v) is 4.82. The highest BCUT2D eigenvalue weighted by molar-refractivity contribution is 9.10. The zero-order valence-electron chi connectivity index (χ0n) is 18.2. The van der Waals surface area contributed by atoms with Crippen molar-refractivity contribution in [2.45, 2.75) is 13.8 Å². The Morgan fingerprint density at radius 1 is 1.00 bits per heavy atom. The smallest absolute Gasteiger partial charge is 0.343 e. The highest BCUT2D eigenvalue weighted by Gasteiger charge is 2.12. The minimum Gasteiger partial charge on any atom is -0.494 e. The number of nitrogens with one attached hydrogen (secondary N) is 1. The first-order valence-corrected chi connectivity index (χ1v) is 11.0. The SMILES string of the molecule is CCOc1ccc(C(=O)Oc2ccc(Br)cc2C=NNC(=O)COc2cccc(C)c2)cc1. The molecule has 8 heteroatoms. The van der Waals surface area contributed by atoms with Crippen LogP contribution in [0.4, 0.5) is 0 Å². The van der Waals surface area contributed by atoms with E-state index in [1.807, 2.05) is 32.0 Å². The standard InChI is InChI=1S/C25H23BrN2O5/c1-3-31-21-10-7-18(8-11-21)25(30)33-23-12-9-20(26)14-19(23)15-27-28-24(29)16-32-22-6-4-5-17(2)13-22/h4-15H,3,16H2,1-2H3,(H,28,29). The molecule has 3 aromatic carbocycles. The van der Waals surface area contributed by atoms with Crippen molar-refractivity contribution in [3.63, 3.8) is 0 Å². The topological polar surface area (TPSA) is 86.2 Å². The van der Waals surface area contributed by atoms with Gasteiger partial charge in [0.25, 0.3) is 5.91 Å². The Morgan fingerprint density at radius 3 is 2.52 bits per heavy atom. The van der Waals surface area contributed by atoms with Gasteiger partial charge in [-0.2, -0.15) is 5.10 Å². The van der Waals surface area contributed by atoms with E-state index in [9.17, 15) is 9.59 Å². The lowest BCUT2D eigenvalue weighted by Crippen LogP contribution is -2.24. The van der Waals surface area contributed by atoms with Gasteiger partial charge in [0, 0.05) is 10.0 Å². The number of carbonyl (C=O) groups is 2. The summed E-state index contributed by atoms with van der Waals surface area (Å²) in [6.45, 7) is 4.19. The Hall–Kier alpha value is -3.65. The van der Waals surface area contributed by atoms with E-state index >= 15 is 0 Å². The van der Waals surface area contributed by atoms with E-state index in [0.717, 1.165) is 10.0 Å². The van der Waals surface area contributed by atoms with Crippen LogP contribution in [0.2, 0.25) is 0 Å². The summed E-state index contributed by atoms with van der Waals surface area (Å²) in [7, 11) is 0. The lowest BCUT2D eigenvalue weighted by molar-refractivity contribution is -0.123. The minimum atomic E-state index is -0.523. The molecule has 3 rings (SSSR count). The summed E-state index contributed by atoms with van der Waals surface area (Å²) in [5.41, 5.74) is 4.32. The van der Waals surface area contributed by atoms with E-state index in [1.165, 1.54) is 6.21 Å². The largest absolute Gasteiger partial charge is 0.494 e. The third-order valence-electron chi connectivity index (χ3n) is 4.33. The van der Waals surface area contributed by atoms with Gasteiger partial charge in [-0.3, -0.25) is 4.79 Å². The maximum Gasteiger partial charge on any atom is 0.343 e. The molecule has 0 saturated heterocycles. The van der Waals surface area contributed by atoms with Gasteiger partial charge in [0.05, 0.1) is 18.4 Å². The molecule has 7 nitrogen and oxygen atoms in total. The first kappa shape index (κ1) is 24.0. The number of hydrogen-bond acceptors (Lipinski definition) is 6. The number of hydrazone groups is 1. The number of nitrogens with zero attached hydrogens (tertiary/aromatic N) is 1. The molecule has 33 heavy (non-hydrogen) atoms. The molecule has 0 spiro atoms. The molecule has 0 saturated carbocycles. The molecule has 0 aliphatic carbocycles. The minimum absolute atomic E-state index is 0.182. The molecular formula is C25H23BrN2O5. The fraction of sp³-hybridized carbons (Fsp3) is 0.160. The van der Waals surface area contributed by atoms with Crippen molar-refractivity contribution < 1.29 is 23.8 Å². The molecule has 3 aromatic rings. The van der Waals surface area contributed by atoms with Gasteiger partial charge < -0.3 is 14.2 Å². The van der Waals surface area contributed by atoms with E-state index < -0.39 is 11.9 Å². The quantitative estimate of drug-likeness (QED) is 0.191. The zero-order valence-corrected chi connectivity index (χ0v) is 19.8. The summed E-state index contributed by atoms with van der Waals surface area (Å²) >= 11 is 3.38. The van der Waals surface area contributed by atoms with Gasteiger partial charge in [0.1, 0.15) is 17.2 Å². The van der Waals surface area contributed by atoms with Crippen molar-refractivity contribution in [2.24, 2.45) is 5.10 Å². The lowest BCUT2D eigenvalue weighted by Gasteiger charge is -2.09. The Labute approximate surface area is 200 Å². The summed E-state index contributed by atoms with van der Waals surface area (Å²) in [6.07, 6.45) is 1.40. The zero-order chi connectivity index (χ0) is 23.6. The van der Waals surface area contributed by atoms with Gasteiger partial charge in [-0.1, -0.05) is 28.1 Å². The van der Waals surface area contributed by atoms with Crippen molar-refractivity contribution in [3.05, 3.63) is 87.9 Å². The maximum atomic E-state index is 12.5. The molecule has 0 heterocycles. The van der Waals surface area contributed by atoms with Crippen LogP contribution in [0.1, 0.15) is 28.4 Å². The number of halogens is 1. The van der Waals surface area contributed by atoms with E-state index in [1.54, 1.807) is 48.5 Å². The molecule has 0 aliphatic rings. The van der Waals surface area contributed by atoms with Gasteiger partial charge in [0.2, 0.25) is 0 Å². The second kappa shape index (κ2) is 11.8. The van der Waals surface area contributed by atoms with E-state index in [2.05, 4.69) is 26.5 Å². The number of carbonyl (C=O) groups excluding carboxylic acids is 2. The molecule has 0 radical (unpaired) electrons. The van der Waals surface area contributed by atoms with E-state index in [-0.39, 0.29) is 6.61 Å². The predicted octanol–water partition coefficient (Wildman–Crippen LogP) is 4.90. The summed E-state index contributed by atoms with van der Waals surface area (Å²) in [5, 5.41) is 3.95. The van der Waals surface area contributed by atoms with Crippen molar-refractivity contribution in [3.8, 4) is 17.2 Å². The Balaban J connectivity index is 1.61. The Morgan fingerprint density at radius 2 is 1.79 bits per heavy atom. The molecule has 0 aromatic heterocycles. The van der Waals surface area contributed by atoms with Crippen LogP contribution in [0.15, 0.2) is 76.3 Å². The lowest BCUT2D eigenvalue weighted by atomic mass is 10.2. The molecule has 1 N–H and O–H groups in total. The fourth-order valence-electron chi connectivity index (χ4n) is 2.79. The van der Waals surface area contributed by atoms with Crippen LogP contribution in [0.5, 0.6) is 17.2 Å². The summed E-state index contributed by atoms with van der Waals surface area (Å²) in [6, 6.07) is 19.2. The number of benzene rings is 3. The van der Waals surface area contributed by atoms with Gasteiger partial charge in [0.15, 0.2) is 6.61 Å². The highest BCUT2D eigenvalue weighted by Crippen LogP contribution is 2.23. The average Bonchev–Trinajstić information content (AvgIpc) is 2.80. The average molecular weight is 511 g/mol. The van der Waals surface area contributed by atoms with Gasteiger partial charge in [-0.25, -0.2) is 10.2 Å². The first-order chi connectivity index (χ1) is 15.9. The van der Waals surface area contributed by atoms with E-state index in [4.69, 9.17) is 14.2 Å². The summed E-state index contributed by atoms with van der Waals surface area (Å²) in [4.78, 5) is 24.6. The van der Waals surface area contributed by atoms with Crippen LogP contribution < -0.4 is 19.6 Å². The summed E-state index contributed by atoms with van der Waals surface area (Å²) in [5.74, 6) is 0.629. The van der Waals surface area contributed by atoms with Gasteiger partial charge >= 0.3 is 5.97 Å². The van der Waals surface area contributed by atoms with Gasteiger partial charge in [-0.05, 0) is 74.0 Å². The molecular weight excluding hydrogens is 488 g/mol. The number of esters is 1. The number of aryl methyl sites for hydroxylation is 1. The molecule has 0 fully saturated rings. The normalized spacial score (nSPS) is 10.6. The molecule has 0 atom stereocenters. The van der Waals surface area contributed by atoms with Crippen LogP contribution in [0, 0.1) is 6.92 Å². The van der Waals surface area contributed by atoms with Crippen LogP contribution in [0.3, 0.4) is 0 Å². The number of amides is 1. The maximum absolute atomic E-state index is 12.5. The molecule has 0 aliphatic heterocycles. The Bertz CT molecular complexity index is 1150. The molecule has 0 bridgehead atoms. The van der Waals surface area contributed by atoms with Crippen molar-refractivity contribution in [2.75, 3.05) is 13.2 Å². The number of rotatable bonds is 9. The highest BCUT2D eigenvalue weighted by atomic mass is 79.9. The van der Waals surface area contributed by atoms with Crippen molar-refractivity contribution in [1.29, 1.82) is 0 Å². The van der Waals surface area contributed by atoms with Crippen LogP contribution in [0.25, 0.3) is 0 Å². The van der Waals surface area contributed by atoms with Crippen molar-refractivity contribution in [1.82, 2.24) is 5.43 Å². The number of ether oxygens (including phenoxy) is 3. The van der Waals surface area contributed by atoms with Crippen LogP contribution in [-0.2, 0) is 4.79 Å². The molecule has 0 unspecified atom stereocenters. The van der Waals surface area contributed by atoms with Crippen LogP contribution in [-0.4, -0.2) is 31.3 Å². The predicted molar refractivity (Wildman–Crippen MR) is 129 cm³/mol. The molecule has 1 amide bonds. The molecule has 170 valence electrons. The van der Waals surface area contributed by atoms with E-state index in [0.29, 0.717) is 35.0 Å². The van der Waals surface area contributed by atoms with Crippen molar-refractivity contribution >= 4 is 34.0 Å². The summed E-state index contributed by atoms with van der Waals surface area (Å²) < 4.78 is 17.1.